The van der Waals surface area contributed by atoms with E-state index in [4.69, 9.17) is 14.3 Å². The fourth-order valence-electron chi connectivity index (χ4n) is 3.30. The number of primary sulfonamides is 1. The van der Waals surface area contributed by atoms with Crippen molar-refractivity contribution >= 4 is 65.7 Å². The minimum absolute atomic E-state index is 0.0225. The van der Waals surface area contributed by atoms with Gasteiger partial charge in [-0.3, -0.25) is 4.79 Å². The highest BCUT2D eigenvalue weighted by molar-refractivity contribution is 7.89. The van der Waals surface area contributed by atoms with Gasteiger partial charge in [0.25, 0.3) is 0 Å². The van der Waals surface area contributed by atoms with Crippen LogP contribution in [0.4, 0.5) is 11.4 Å². The van der Waals surface area contributed by atoms with Crippen LogP contribution in [0.25, 0.3) is 21.1 Å². The molecule has 176 valence electrons. The van der Waals surface area contributed by atoms with Crippen LogP contribution in [-0.2, 0) is 19.6 Å². The highest BCUT2D eigenvalue weighted by Crippen LogP contribution is 2.38. The Morgan fingerprint density at radius 3 is 2.50 bits per heavy atom. The third-order valence-corrected chi connectivity index (χ3v) is 6.94. The number of benzene rings is 2. The van der Waals surface area contributed by atoms with Crippen LogP contribution in [0, 0.1) is 0 Å². The first-order valence-electron chi connectivity index (χ1n) is 10.0. The van der Waals surface area contributed by atoms with Gasteiger partial charge in [-0.05, 0) is 43.3 Å². The maximum atomic E-state index is 12.7. The number of nitrogens with one attached hydrogen (secondary N) is 2. The maximum Gasteiger partial charge on any atom is 0.350 e. The van der Waals surface area contributed by atoms with Gasteiger partial charge in [0.15, 0.2) is 0 Å². The average Bonchev–Trinajstić information content (AvgIpc) is 3.18. The first kappa shape index (κ1) is 23.4. The molecule has 2 aromatic heterocycles. The lowest BCUT2D eigenvalue weighted by molar-refractivity contribution is -0.114. The molecule has 0 spiro atoms. The summed E-state index contributed by atoms with van der Waals surface area (Å²) in [6.07, 6.45) is 0. The zero-order chi connectivity index (χ0) is 24.5. The number of hydrogen-bond donors (Lipinski definition) is 3. The molecule has 0 aliphatic rings. The molecule has 0 bridgehead atoms. The summed E-state index contributed by atoms with van der Waals surface area (Å²) in [6, 6.07) is 12.4. The molecule has 0 saturated heterocycles. The lowest BCUT2D eigenvalue weighted by atomic mass is 10.2. The topological polar surface area (TPSA) is 158 Å². The maximum absolute atomic E-state index is 12.7. The molecule has 4 aromatic rings. The molecule has 0 radical (unpaired) electrons. The molecule has 0 aliphatic carbocycles. The molecule has 0 atom stereocenters. The number of hydrogen-bond acceptors (Lipinski definition) is 9. The number of ether oxygens (including phenoxy) is 1. The minimum Gasteiger partial charge on any atom is -0.462 e. The van der Waals surface area contributed by atoms with Crippen LogP contribution in [0.15, 0.2) is 62.6 Å². The number of rotatable bonds is 7. The number of esters is 1. The van der Waals surface area contributed by atoms with E-state index in [1.165, 1.54) is 24.3 Å². The largest absolute Gasteiger partial charge is 0.462 e. The Bertz CT molecular complexity index is 1570. The zero-order valence-corrected chi connectivity index (χ0v) is 19.4. The normalized spacial score (nSPS) is 11.5. The van der Waals surface area contributed by atoms with Crippen molar-refractivity contribution in [2.45, 2.75) is 11.8 Å². The standard InChI is InChI=1S/C22H19N3O7S2/c1-2-31-22(28)20-18(17-19(33-20)14-5-3-4-6-15(14)32-21(17)27)25-16(26)11-24-12-7-9-13(10-8-12)34(23,29)30/h3-10,24H,2,11H2,1H3,(H,25,26)(H2,23,29,30). The van der Waals surface area contributed by atoms with Crippen LogP contribution in [0.2, 0.25) is 0 Å². The van der Waals surface area contributed by atoms with Crippen molar-refractivity contribution < 1.29 is 27.2 Å². The molecule has 4 N–H and O–H groups in total. The lowest BCUT2D eigenvalue weighted by Crippen LogP contribution is -2.23. The first-order valence-corrected chi connectivity index (χ1v) is 12.4. The Balaban J connectivity index is 1.65. The Kier molecular flexibility index (Phi) is 6.37. The van der Waals surface area contributed by atoms with Crippen molar-refractivity contribution in [2.24, 2.45) is 5.14 Å². The molecule has 1 amide bonds. The molecule has 34 heavy (non-hydrogen) atoms. The number of fused-ring (bicyclic) bond motifs is 3. The van der Waals surface area contributed by atoms with Gasteiger partial charge in [-0.15, -0.1) is 11.3 Å². The summed E-state index contributed by atoms with van der Waals surface area (Å²) in [6.45, 7) is 1.54. The predicted molar refractivity (Wildman–Crippen MR) is 129 cm³/mol. The lowest BCUT2D eigenvalue weighted by Gasteiger charge is -2.09. The summed E-state index contributed by atoms with van der Waals surface area (Å²) < 4.78 is 33.7. The van der Waals surface area contributed by atoms with E-state index in [0.29, 0.717) is 21.4 Å². The number of sulfonamides is 1. The molecule has 12 heteroatoms. The summed E-state index contributed by atoms with van der Waals surface area (Å²) in [4.78, 5) is 38.0. The highest BCUT2D eigenvalue weighted by Gasteiger charge is 2.25. The fourth-order valence-corrected chi connectivity index (χ4v) is 4.98. The van der Waals surface area contributed by atoms with E-state index in [9.17, 15) is 22.8 Å². The van der Waals surface area contributed by atoms with Gasteiger partial charge in [-0.1, -0.05) is 12.1 Å². The third-order valence-electron chi connectivity index (χ3n) is 4.81. The molecule has 2 heterocycles. The summed E-state index contributed by atoms with van der Waals surface area (Å²) >= 11 is 1.04. The van der Waals surface area contributed by atoms with Gasteiger partial charge in [-0.2, -0.15) is 0 Å². The molecule has 2 aromatic carbocycles. The monoisotopic (exact) mass is 501 g/mol. The van der Waals surface area contributed by atoms with Gasteiger partial charge in [0.1, 0.15) is 15.8 Å². The van der Waals surface area contributed by atoms with Crippen LogP contribution in [-0.4, -0.2) is 33.4 Å². The minimum atomic E-state index is -3.83. The van der Waals surface area contributed by atoms with Gasteiger partial charge in [0.2, 0.25) is 15.9 Å². The summed E-state index contributed by atoms with van der Waals surface area (Å²) in [7, 11) is -3.83. The molecule has 4 rings (SSSR count). The highest BCUT2D eigenvalue weighted by atomic mass is 32.2. The molecular weight excluding hydrogens is 482 g/mol. The van der Waals surface area contributed by atoms with E-state index in [2.05, 4.69) is 10.6 Å². The summed E-state index contributed by atoms with van der Waals surface area (Å²) in [5.74, 6) is -1.22. The van der Waals surface area contributed by atoms with Gasteiger partial charge < -0.3 is 19.8 Å². The van der Waals surface area contributed by atoms with Crippen molar-refractivity contribution in [2.75, 3.05) is 23.8 Å². The Morgan fingerprint density at radius 1 is 1.12 bits per heavy atom. The van der Waals surface area contributed by atoms with Crippen LogP contribution >= 0.6 is 11.3 Å². The van der Waals surface area contributed by atoms with Crippen LogP contribution in [0.5, 0.6) is 0 Å². The second-order valence-corrected chi connectivity index (χ2v) is 9.67. The van der Waals surface area contributed by atoms with E-state index in [-0.39, 0.29) is 34.0 Å². The molecular formula is C22H19N3O7S2. The van der Waals surface area contributed by atoms with Crippen molar-refractivity contribution in [1.82, 2.24) is 0 Å². The fraction of sp³-hybridized carbons (Fsp3) is 0.136. The Labute approximate surface area is 197 Å². The molecule has 0 saturated carbocycles. The molecule has 10 nitrogen and oxygen atoms in total. The molecule has 0 aliphatic heterocycles. The summed E-state index contributed by atoms with van der Waals surface area (Å²) in [5, 5.41) is 11.2. The Morgan fingerprint density at radius 2 is 1.82 bits per heavy atom. The average molecular weight is 502 g/mol. The van der Waals surface area contributed by atoms with Crippen LogP contribution in [0.1, 0.15) is 16.6 Å². The number of amides is 1. The SMILES string of the molecule is CCOC(=O)c1sc2c(c1NC(=O)CNc1ccc(S(N)(=O)=O)cc1)c(=O)oc1ccccc12. The van der Waals surface area contributed by atoms with E-state index < -0.39 is 27.5 Å². The first-order chi connectivity index (χ1) is 16.2. The second kappa shape index (κ2) is 9.25. The number of para-hydroxylation sites is 1. The van der Waals surface area contributed by atoms with E-state index in [0.717, 1.165) is 11.3 Å². The molecule has 0 fully saturated rings. The van der Waals surface area contributed by atoms with E-state index >= 15 is 0 Å². The van der Waals surface area contributed by atoms with E-state index in [1.54, 1.807) is 31.2 Å². The van der Waals surface area contributed by atoms with Crippen LogP contribution in [0.3, 0.4) is 0 Å². The van der Waals surface area contributed by atoms with Crippen LogP contribution < -0.4 is 21.4 Å². The smallest absolute Gasteiger partial charge is 0.350 e. The molecule has 0 unspecified atom stereocenters. The van der Waals surface area contributed by atoms with Crippen molar-refractivity contribution in [1.29, 1.82) is 0 Å². The number of carbonyl (C=O) groups is 2. The predicted octanol–water partition coefficient (Wildman–Crippen LogP) is 2.88. The zero-order valence-electron chi connectivity index (χ0n) is 17.8. The number of carbonyl (C=O) groups excluding carboxylic acids is 2. The Hall–Kier alpha value is -3.74. The number of nitrogens with two attached hydrogens (primary N) is 1. The third kappa shape index (κ3) is 4.64. The van der Waals surface area contributed by atoms with Crippen molar-refractivity contribution in [3.63, 3.8) is 0 Å². The van der Waals surface area contributed by atoms with Gasteiger partial charge in [-0.25, -0.2) is 23.1 Å². The quantitative estimate of drug-likeness (QED) is 0.258. The van der Waals surface area contributed by atoms with Crippen molar-refractivity contribution in [3.05, 3.63) is 63.8 Å². The number of anilines is 2. The van der Waals surface area contributed by atoms with E-state index in [1.807, 2.05) is 0 Å². The number of thiophene rings is 1. The van der Waals surface area contributed by atoms with Crippen molar-refractivity contribution in [3.8, 4) is 0 Å². The second-order valence-electron chi connectivity index (χ2n) is 7.09. The van der Waals surface area contributed by atoms with Gasteiger partial charge in [0, 0.05) is 11.1 Å². The van der Waals surface area contributed by atoms with Gasteiger partial charge in [0.05, 0.1) is 28.4 Å². The summed E-state index contributed by atoms with van der Waals surface area (Å²) in [5.41, 5.74) is 0.157. The van der Waals surface area contributed by atoms with Gasteiger partial charge >= 0.3 is 11.6 Å².